The summed E-state index contributed by atoms with van der Waals surface area (Å²) in [7, 11) is 3.78. The fourth-order valence-corrected chi connectivity index (χ4v) is 4.03. The molecule has 29 heavy (non-hydrogen) atoms. The third-order valence-electron chi connectivity index (χ3n) is 5.76. The summed E-state index contributed by atoms with van der Waals surface area (Å²) in [5.74, 6) is 0.441. The van der Waals surface area contributed by atoms with Crippen LogP contribution in [0.4, 0.5) is 6.01 Å². The predicted octanol–water partition coefficient (Wildman–Crippen LogP) is 3.79. The summed E-state index contributed by atoms with van der Waals surface area (Å²) in [6.07, 6.45) is 4.41. The van der Waals surface area contributed by atoms with Gasteiger partial charge in [-0.25, -0.2) is 0 Å². The van der Waals surface area contributed by atoms with Gasteiger partial charge in [-0.1, -0.05) is 11.6 Å². The van der Waals surface area contributed by atoms with Gasteiger partial charge >= 0.3 is 0 Å². The maximum absolute atomic E-state index is 12.8. The number of oxazole rings is 1. The molecule has 3 aromatic rings. The van der Waals surface area contributed by atoms with E-state index in [-0.39, 0.29) is 11.8 Å². The fraction of sp³-hybridized carbons (Fsp3) is 0.476. The number of nitrogens with zero attached hydrogens (tertiary/aromatic N) is 5. The van der Waals surface area contributed by atoms with Gasteiger partial charge in [0.1, 0.15) is 5.52 Å². The van der Waals surface area contributed by atoms with Crippen molar-refractivity contribution in [1.29, 1.82) is 0 Å². The lowest BCUT2D eigenvalue weighted by atomic mass is 9.94. The summed E-state index contributed by atoms with van der Waals surface area (Å²) >= 11 is 6.04. The van der Waals surface area contributed by atoms with E-state index in [1.807, 2.05) is 44.0 Å². The minimum Gasteiger partial charge on any atom is -0.423 e. The quantitative estimate of drug-likeness (QED) is 0.634. The van der Waals surface area contributed by atoms with Crippen molar-refractivity contribution in [3.05, 3.63) is 40.7 Å². The third-order valence-corrected chi connectivity index (χ3v) is 6.00. The number of halogens is 1. The molecule has 8 heteroatoms. The lowest BCUT2D eigenvalue weighted by Crippen LogP contribution is -2.38. The normalized spacial score (nSPS) is 17.1. The second-order valence-corrected chi connectivity index (χ2v) is 8.33. The summed E-state index contributed by atoms with van der Waals surface area (Å²) in [5, 5.41) is 4.89. The Bertz CT molecular complexity index is 1030. The third kappa shape index (κ3) is 4.24. The standard InChI is InChI=1S/C21H26ClN5O2/c1-14-16(11-23-26(14)3)13-25(2)20(28)9-15-5-4-8-27(12-15)21-24-18-7-6-17(22)10-19(18)29-21/h6-7,10-11,15H,4-5,8-9,12-13H2,1-3H3. The van der Waals surface area contributed by atoms with Gasteiger partial charge in [-0.05, 0) is 37.8 Å². The van der Waals surface area contributed by atoms with Crippen molar-refractivity contribution in [3.63, 3.8) is 0 Å². The number of benzene rings is 1. The lowest BCUT2D eigenvalue weighted by Gasteiger charge is -2.32. The van der Waals surface area contributed by atoms with Crippen molar-refractivity contribution < 1.29 is 9.21 Å². The Balaban J connectivity index is 1.38. The molecule has 154 valence electrons. The number of aromatic nitrogens is 3. The van der Waals surface area contributed by atoms with Gasteiger partial charge in [0, 0.05) is 62.5 Å². The molecular weight excluding hydrogens is 390 g/mol. The zero-order valence-electron chi connectivity index (χ0n) is 17.1. The van der Waals surface area contributed by atoms with Crippen molar-refractivity contribution in [2.75, 3.05) is 25.0 Å². The minimum atomic E-state index is 0.157. The van der Waals surface area contributed by atoms with Crippen molar-refractivity contribution in [3.8, 4) is 0 Å². The smallest absolute Gasteiger partial charge is 0.298 e. The molecule has 4 rings (SSSR count). The molecule has 0 radical (unpaired) electrons. The number of hydrogen-bond donors (Lipinski definition) is 0. The number of hydrogen-bond acceptors (Lipinski definition) is 5. The van der Waals surface area contributed by atoms with E-state index in [4.69, 9.17) is 16.0 Å². The molecule has 1 fully saturated rings. The number of piperidine rings is 1. The summed E-state index contributed by atoms with van der Waals surface area (Å²) in [6, 6.07) is 6.07. The van der Waals surface area contributed by atoms with E-state index in [0.29, 0.717) is 29.6 Å². The molecule has 0 saturated carbocycles. The molecule has 1 atom stereocenters. The van der Waals surface area contributed by atoms with Gasteiger partial charge in [-0.3, -0.25) is 9.48 Å². The van der Waals surface area contributed by atoms with Crippen LogP contribution in [0.5, 0.6) is 0 Å². The zero-order valence-corrected chi connectivity index (χ0v) is 17.8. The molecule has 1 aromatic carbocycles. The minimum absolute atomic E-state index is 0.157. The Kier molecular flexibility index (Phi) is 5.50. The van der Waals surface area contributed by atoms with Crippen LogP contribution in [0.3, 0.4) is 0 Å². The number of fused-ring (bicyclic) bond motifs is 1. The van der Waals surface area contributed by atoms with Gasteiger partial charge in [0.15, 0.2) is 5.58 Å². The van der Waals surface area contributed by atoms with Crippen LogP contribution in [0, 0.1) is 12.8 Å². The van der Waals surface area contributed by atoms with E-state index in [2.05, 4.69) is 15.0 Å². The van der Waals surface area contributed by atoms with Crippen LogP contribution in [-0.2, 0) is 18.4 Å². The van der Waals surface area contributed by atoms with Crippen molar-refractivity contribution >= 4 is 34.6 Å². The number of aryl methyl sites for hydroxylation is 1. The zero-order chi connectivity index (χ0) is 20.5. The van der Waals surface area contributed by atoms with E-state index >= 15 is 0 Å². The first-order valence-electron chi connectivity index (χ1n) is 9.93. The van der Waals surface area contributed by atoms with E-state index in [0.717, 1.165) is 42.7 Å². The number of amides is 1. The molecule has 3 heterocycles. The molecule has 0 spiro atoms. The molecule has 1 aliphatic heterocycles. The van der Waals surface area contributed by atoms with Gasteiger partial charge < -0.3 is 14.2 Å². The average molecular weight is 416 g/mol. The Morgan fingerprint density at radius 2 is 2.24 bits per heavy atom. The Morgan fingerprint density at radius 1 is 1.41 bits per heavy atom. The van der Waals surface area contributed by atoms with Gasteiger partial charge in [-0.15, -0.1) is 0 Å². The van der Waals surface area contributed by atoms with Crippen LogP contribution in [0.1, 0.15) is 30.5 Å². The van der Waals surface area contributed by atoms with Crippen LogP contribution >= 0.6 is 11.6 Å². The highest BCUT2D eigenvalue weighted by Crippen LogP contribution is 2.29. The number of carbonyl (C=O) groups is 1. The monoisotopic (exact) mass is 415 g/mol. The van der Waals surface area contributed by atoms with Gasteiger partial charge in [0.2, 0.25) is 5.91 Å². The summed E-state index contributed by atoms with van der Waals surface area (Å²) in [5.41, 5.74) is 3.66. The van der Waals surface area contributed by atoms with Crippen molar-refractivity contribution in [2.45, 2.75) is 32.7 Å². The van der Waals surface area contributed by atoms with Crippen LogP contribution in [0.2, 0.25) is 5.02 Å². The molecule has 0 N–H and O–H groups in total. The van der Waals surface area contributed by atoms with E-state index in [1.54, 1.807) is 11.0 Å². The van der Waals surface area contributed by atoms with Crippen LogP contribution in [0.15, 0.2) is 28.8 Å². The highest BCUT2D eigenvalue weighted by Gasteiger charge is 2.26. The van der Waals surface area contributed by atoms with Gasteiger partial charge in [0.25, 0.3) is 6.01 Å². The first-order chi connectivity index (χ1) is 13.9. The molecule has 1 unspecified atom stereocenters. The van der Waals surface area contributed by atoms with Crippen LogP contribution < -0.4 is 4.90 Å². The number of rotatable bonds is 5. The lowest BCUT2D eigenvalue weighted by molar-refractivity contribution is -0.131. The molecule has 0 aliphatic carbocycles. The van der Waals surface area contributed by atoms with Crippen LogP contribution in [0.25, 0.3) is 11.1 Å². The number of carbonyl (C=O) groups excluding carboxylic acids is 1. The molecule has 1 saturated heterocycles. The predicted molar refractivity (Wildman–Crippen MR) is 113 cm³/mol. The molecule has 1 amide bonds. The van der Waals surface area contributed by atoms with Gasteiger partial charge in [0.05, 0.1) is 6.20 Å². The topological polar surface area (TPSA) is 67.4 Å². The Morgan fingerprint density at radius 3 is 3.00 bits per heavy atom. The molecule has 0 bridgehead atoms. The summed E-state index contributed by atoms with van der Waals surface area (Å²) < 4.78 is 7.74. The molecule has 2 aromatic heterocycles. The molecule has 7 nitrogen and oxygen atoms in total. The summed E-state index contributed by atoms with van der Waals surface area (Å²) in [4.78, 5) is 21.3. The second kappa shape index (κ2) is 8.06. The first kappa shape index (κ1) is 19.8. The second-order valence-electron chi connectivity index (χ2n) is 7.90. The number of anilines is 1. The SMILES string of the molecule is Cc1c(CN(C)C(=O)CC2CCCN(c3nc4ccc(Cl)cc4o3)C2)cnn1C. The highest BCUT2D eigenvalue weighted by molar-refractivity contribution is 6.31. The van der Waals surface area contributed by atoms with Crippen molar-refractivity contribution in [2.24, 2.45) is 13.0 Å². The maximum Gasteiger partial charge on any atom is 0.298 e. The van der Waals surface area contributed by atoms with E-state index in [1.165, 1.54) is 0 Å². The van der Waals surface area contributed by atoms with Crippen molar-refractivity contribution in [1.82, 2.24) is 19.7 Å². The molecular formula is C21H26ClN5O2. The molecule has 1 aliphatic rings. The average Bonchev–Trinajstić information content (AvgIpc) is 3.26. The Labute approximate surface area is 175 Å². The summed E-state index contributed by atoms with van der Waals surface area (Å²) in [6.45, 7) is 4.26. The van der Waals surface area contributed by atoms with Gasteiger partial charge in [-0.2, -0.15) is 10.1 Å². The Hall–Kier alpha value is -2.54. The fourth-order valence-electron chi connectivity index (χ4n) is 3.87. The largest absolute Gasteiger partial charge is 0.423 e. The van der Waals surface area contributed by atoms with E-state index in [9.17, 15) is 4.79 Å². The van der Waals surface area contributed by atoms with Crippen LogP contribution in [-0.4, -0.2) is 45.7 Å². The van der Waals surface area contributed by atoms with E-state index < -0.39 is 0 Å². The maximum atomic E-state index is 12.8. The highest BCUT2D eigenvalue weighted by atomic mass is 35.5. The first-order valence-corrected chi connectivity index (χ1v) is 10.3.